The third-order valence-corrected chi connectivity index (χ3v) is 3.94. The van der Waals surface area contributed by atoms with Crippen molar-refractivity contribution < 1.29 is 13.9 Å². The minimum Gasteiger partial charge on any atom is -0.494 e. The van der Waals surface area contributed by atoms with E-state index < -0.39 is 0 Å². The zero-order chi connectivity index (χ0) is 18.6. The molecule has 0 unspecified atom stereocenters. The van der Waals surface area contributed by atoms with Gasteiger partial charge in [-0.05, 0) is 54.5 Å². The highest BCUT2D eigenvalue weighted by molar-refractivity contribution is 6.01. The van der Waals surface area contributed by atoms with Gasteiger partial charge in [-0.25, -0.2) is 4.39 Å². The molecule has 0 aliphatic carbocycles. The number of rotatable bonds is 10. The third-order valence-electron chi connectivity index (χ3n) is 3.94. The molecule has 0 heterocycles. The second kappa shape index (κ2) is 11.1. The maximum absolute atomic E-state index is 12.8. The Kier molecular flexibility index (Phi) is 8.40. The van der Waals surface area contributed by atoms with Crippen molar-refractivity contribution in [1.29, 1.82) is 0 Å². The lowest BCUT2D eigenvalue weighted by atomic mass is 10.2. The quantitative estimate of drug-likeness (QED) is 0.430. The Morgan fingerprint density at radius 1 is 1.00 bits per heavy atom. The van der Waals surface area contributed by atoms with Crippen molar-refractivity contribution in [2.24, 2.45) is 0 Å². The Morgan fingerprint density at radius 3 is 2.38 bits per heavy atom. The first-order valence-electron chi connectivity index (χ1n) is 9.15. The highest BCUT2D eigenvalue weighted by Crippen LogP contribution is 2.16. The molecule has 1 amide bonds. The van der Waals surface area contributed by atoms with Crippen LogP contribution in [-0.2, 0) is 4.79 Å². The van der Waals surface area contributed by atoms with Crippen molar-refractivity contribution in [3.63, 3.8) is 0 Å². The molecule has 0 aliphatic heterocycles. The van der Waals surface area contributed by atoms with Gasteiger partial charge in [-0.3, -0.25) is 4.79 Å². The fourth-order valence-electron chi connectivity index (χ4n) is 2.46. The summed E-state index contributed by atoms with van der Waals surface area (Å²) in [5, 5.41) is 2.79. The van der Waals surface area contributed by atoms with Crippen LogP contribution in [0.5, 0.6) is 5.75 Å². The number of carbonyl (C=O) groups excluding carboxylic acids is 1. The summed E-state index contributed by atoms with van der Waals surface area (Å²) in [6.07, 6.45) is 9.11. The molecule has 3 nitrogen and oxygen atoms in total. The van der Waals surface area contributed by atoms with Crippen molar-refractivity contribution in [2.45, 2.75) is 39.0 Å². The lowest BCUT2D eigenvalue weighted by Crippen LogP contribution is -2.07. The molecule has 0 saturated heterocycles. The number of ether oxygens (including phenoxy) is 1. The van der Waals surface area contributed by atoms with E-state index in [1.54, 1.807) is 18.2 Å². The Hall–Kier alpha value is -2.62. The number of amides is 1. The smallest absolute Gasteiger partial charge is 0.248 e. The molecule has 0 bridgehead atoms. The zero-order valence-electron chi connectivity index (χ0n) is 15.2. The standard InChI is InChI=1S/C22H26FNO2/c1-2-3-4-5-6-17-26-21-14-12-20(13-15-21)24-22(25)16-9-18-7-10-19(23)11-8-18/h7-16H,2-6,17H2,1H3,(H,24,25). The summed E-state index contributed by atoms with van der Waals surface area (Å²) in [4.78, 5) is 11.9. The molecule has 1 N–H and O–H groups in total. The van der Waals surface area contributed by atoms with Gasteiger partial charge in [0.25, 0.3) is 0 Å². The molecule has 2 rings (SSSR count). The topological polar surface area (TPSA) is 38.3 Å². The third kappa shape index (κ3) is 7.51. The second-order valence-corrected chi connectivity index (χ2v) is 6.16. The Bertz CT molecular complexity index is 693. The first-order chi connectivity index (χ1) is 12.7. The lowest BCUT2D eigenvalue weighted by molar-refractivity contribution is -0.111. The van der Waals surface area contributed by atoms with Crippen molar-refractivity contribution in [2.75, 3.05) is 11.9 Å². The molecular weight excluding hydrogens is 329 g/mol. The van der Waals surface area contributed by atoms with Gasteiger partial charge in [0.15, 0.2) is 0 Å². The molecule has 138 valence electrons. The molecule has 0 fully saturated rings. The van der Waals surface area contributed by atoms with Gasteiger partial charge in [0.05, 0.1) is 6.61 Å². The van der Waals surface area contributed by atoms with Gasteiger partial charge in [0.2, 0.25) is 5.91 Å². The maximum Gasteiger partial charge on any atom is 0.248 e. The average molecular weight is 355 g/mol. The van der Waals surface area contributed by atoms with Gasteiger partial charge >= 0.3 is 0 Å². The predicted molar refractivity (Wildman–Crippen MR) is 105 cm³/mol. The number of nitrogens with one attached hydrogen (secondary N) is 1. The van der Waals surface area contributed by atoms with Gasteiger partial charge in [-0.2, -0.15) is 0 Å². The van der Waals surface area contributed by atoms with Crippen LogP contribution in [0, 0.1) is 5.82 Å². The van der Waals surface area contributed by atoms with Crippen molar-refractivity contribution >= 4 is 17.7 Å². The predicted octanol–water partition coefficient (Wildman–Crippen LogP) is 5.83. The number of halogens is 1. The molecule has 0 aromatic heterocycles. The van der Waals surface area contributed by atoms with Gasteiger partial charge < -0.3 is 10.1 Å². The average Bonchev–Trinajstić information content (AvgIpc) is 2.65. The zero-order valence-corrected chi connectivity index (χ0v) is 15.2. The SMILES string of the molecule is CCCCCCCOc1ccc(NC(=O)C=Cc2ccc(F)cc2)cc1. The molecule has 0 radical (unpaired) electrons. The van der Waals surface area contributed by atoms with E-state index in [0.29, 0.717) is 5.69 Å². The molecule has 0 aliphatic rings. The van der Waals surface area contributed by atoms with E-state index in [1.165, 1.54) is 43.9 Å². The molecule has 26 heavy (non-hydrogen) atoms. The van der Waals surface area contributed by atoms with Crippen LogP contribution >= 0.6 is 0 Å². The van der Waals surface area contributed by atoms with Crippen LogP contribution in [0.3, 0.4) is 0 Å². The Morgan fingerprint density at radius 2 is 1.69 bits per heavy atom. The molecular formula is C22H26FNO2. The van der Waals surface area contributed by atoms with E-state index in [9.17, 15) is 9.18 Å². The summed E-state index contributed by atoms with van der Waals surface area (Å²) in [6, 6.07) is 13.3. The number of hydrogen-bond acceptors (Lipinski definition) is 2. The van der Waals surface area contributed by atoms with Crippen LogP contribution < -0.4 is 10.1 Å². The molecule has 0 saturated carbocycles. The molecule has 2 aromatic carbocycles. The first-order valence-corrected chi connectivity index (χ1v) is 9.15. The van der Waals surface area contributed by atoms with E-state index in [1.807, 2.05) is 24.3 Å². The van der Waals surface area contributed by atoms with Gasteiger partial charge in [-0.1, -0.05) is 44.7 Å². The van der Waals surface area contributed by atoms with E-state index in [-0.39, 0.29) is 11.7 Å². The fraction of sp³-hybridized carbons (Fsp3) is 0.318. The Labute approximate surface area is 154 Å². The van der Waals surface area contributed by atoms with Crippen LogP contribution in [0.25, 0.3) is 6.08 Å². The Balaban J connectivity index is 1.73. The largest absolute Gasteiger partial charge is 0.494 e. The number of carbonyl (C=O) groups is 1. The number of benzene rings is 2. The molecule has 4 heteroatoms. The second-order valence-electron chi connectivity index (χ2n) is 6.16. The summed E-state index contributed by atoms with van der Waals surface area (Å²) in [6.45, 7) is 2.92. The molecule has 2 aromatic rings. The molecule has 0 spiro atoms. The van der Waals surface area contributed by atoms with E-state index in [0.717, 1.165) is 24.3 Å². The molecule has 0 atom stereocenters. The number of hydrogen-bond donors (Lipinski definition) is 1. The van der Waals surface area contributed by atoms with Crippen LogP contribution in [0.1, 0.15) is 44.6 Å². The summed E-state index contributed by atoms with van der Waals surface area (Å²) >= 11 is 0. The summed E-state index contributed by atoms with van der Waals surface area (Å²) in [5.74, 6) is 0.272. The fourth-order valence-corrected chi connectivity index (χ4v) is 2.46. The van der Waals surface area contributed by atoms with Crippen LogP contribution in [0.4, 0.5) is 10.1 Å². The monoisotopic (exact) mass is 355 g/mol. The van der Waals surface area contributed by atoms with Crippen LogP contribution in [0.2, 0.25) is 0 Å². The minimum atomic E-state index is -0.296. The normalized spacial score (nSPS) is 10.8. The highest BCUT2D eigenvalue weighted by Gasteiger charge is 2.00. The van der Waals surface area contributed by atoms with E-state index in [4.69, 9.17) is 4.74 Å². The van der Waals surface area contributed by atoms with Crippen LogP contribution in [0.15, 0.2) is 54.6 Å². The van der Waals surface area contributed by atoms with Crippen molar-refractivity contribution in [1.82, 2.24) is 0 Å². The number of unbranched alkanes of at least 4 members (excludes halogenated alkanes) is 4. The van der Waals surface area contributed by atoms with Gasteiger partial charge in [0, 0.05) is 11.8 Å². The maximum atomic E-state index is 12.8. The van der Waals surface area contributed by atoms with Gasteiger partial charge in [-0.15, -0.1) is 0 Å². The lowest BCUT2D eigenvalue weighted by Gasteiger charge is -2.07. The highest BCUT2D eigenvalue weighted by atomic mass is 19.1. The summed E-state index contributed by atoms with van der Waals surface area (Å²) < 4.78 is 18.5. The van der Waals surface area contributed by atoms with Gasteiger partial charge in [0.1, 0.15) is 11.6 Å². The van der Waals surface area contributed by atoms with Crippen LogP contribution in [-0.4, -0.2) is 12.5 Å². The first kappa shape index (κ1) is 19.7. The summed E-state index contributed by atoms with van der Waals surface area (Å²) in [5.41, 5.74) is 1.47. The summed E-state index contributed by atoms with van der Waals surface area (Å²) in [7, 11) is 0. The van der Waals surface area contributed by atoms with E-state index in [2.05, 4.69) is 12.2 Å². The van der Waals surface area contributed by atoms with E-state index >= 15 is 0 Å². The number of anilines is 1. The van der Waals surface area contributed by atoms with Crippen molar-refractivity contribution in [3.8, 4) is 5.75 Å². The minimum absolute atomic E-state index is 0.237. The van der Waals surface area contributed by atoms with Crippen molar-refractivity contribution in [3.05, 3.63) is 66.0 Å².